The molecule has 0 saturated heterocycles. The fraction of sp³-hybridized carbons (Fsp3) is 0.176. The highest BCUT2D eigenvalue weighted by atomic mass is 35.5. The molecule has 23 heavy (non-hydrogen) atoms. The number of rotatable bonds is 4. The minimum Gasteiger partial charge on any atom is -0.465 e. The summed E-state index contributed by atoms with van der Waals surface area (Å²) < 4.78 is 4.62. The lowest BCUT2D eigenvalue weighted by Gasteiger charge is -2.16. The molecule has 0 aliphatic rings. The van der Waals surface area contributed by atoms with E-state index in [1.165, 1.54) is 7.11 Å². The van der Waals surface area contributed by atoms with E-state index in [0.717, 1.165) is 5.56 Å². The van der Waals surface area contributed by atoms with Crippen molar-refractivity contribution < 1.29 is 14.3 Å². The highest BCUT2D eigenvalue weighted by Gasteiger charge is 2.15. The van der Waals surface area contributed by atoms with E-state index in [1.54, 1.807) is 42.5 Å². The first-order valence-electron chi connectivity index (χ1n) is 6.86. The van der Waals surface area contributed by atoms with Crippen molar-refractivity contribution in [2.75, 3.05) is 7.11 Å². The Hall–Kier alpha value is -2.04. The molecule has 0 aromatic heterocycles. The first kappa shape index (κ1) is 17.3. The van der Waals surface area contributed by atoms with Gasteiger partial charge in [-0.25, -0.2) is 4.79 Å². The Morgan fingerprint density at radius 3 is 2.22 bits per heavy atom. The molecule has 0 aliphatic heterocycles. The van der Waals surface area contributed by atoms with E-state index < -0.39 is 5.97 Å². The molecule has 1 amide bonds. The third kappa shape index (κ3) is 4.24. The SMILES string of the molecule is COC(=O)c1ccc(C(=O)N[C@H](C)c2ccc(Cl)cc2Cl)cc1. The van der Waals surface area contributed by atoms with Crippen molar-refractivity contribution in [3.8, 4) is 0 Å². The lowest BCUT2D eigenvalue weighted by atomic mass is 10.1. The van der Waals surface area contributed by atoms with Gasteiger partial charge >= 0.3 is 5.97 Å². The van der Waals surface area contributed by atoms with Crippen molar-refractivity contribution in [1.82, 2.24) is 5.32 Å². The Morgan fingerprint density at radius 1 is 1.04 bits per heavy atom. The molecule has 1 atom stereocenters. The van der Waals surface area contributed by atoms with E-state index in [1.807, 2.05) is 6.92 Å². The van der Waals surface area contributed by atoms with Crippen LogP contribution in [-0.4, -0.2) is 19.0 Å². The summed E-state index contributed by atoms with van der Waals surface area (Å²) in [5.74, 6) is -0.710. The van der Waals surface area contributed by atoms with Crippen LogP contribution in [0.15, 0.2) is 42.5 Å². The van der Waals surface area contributed by atoms with E-state index in [2.05, 4.69) is 10.1 Å². The molecular formula is C17H15Cl2NO3. The normalized spacial score (nSPS) is 11.7. The molecule has 0 fully saturated rings. The standard InChI is InChI=1S/C17H15Cl2NO3/c1-10(14-8-7-13(18)9-15(14)19)20-16(21)11-3-5-12(6-4-11)17(22)23-2/h3-10H,1-2H3,(H,20,21)/t10-/m1/s1. The van der Waals surface area contributed by atoms with E-state index in [0.29, 0.717) is 21.2 Å². The summed E-state index contributed by atoms with van der Waals surface area (Å²) in [6.45, 7) is 1.83. The molecule has 120 valence electrons. The molecule has 2 aromatic carbocycles. The Bertz CT molecular complexity index is 729. The Labute approximate surface area is 144 Å². The Kier molecular flexibility index (Phi) is 5.64. The van der Waals surface area contributed by atoms with Crippen LogP contribution in [0, 0.1) is 0 Å². The maximum atomic E-state index is 12.3. The minimum atomic E-state index is -0.446. The van der Waals surface area contributed by atoms with Gasteiger partial charge in [0.25, 0.3) is 5.91 Å². The average Bonchev–Trinajstić information content (AvgIpc) is 2.54. The maximum Gasteiger partial charge on any atom is 0.337 e. The molecule has 0 heterocycles. The summed E-state index contributed by atoms with van der Waals surface area (Å²) in [6, 6.07) is 11.1. The number of nitrogens with one attached hydrogen (secondary N) is 1. The van der Waals surface area contributed by atoms with Crippen molar-refractivity contribution in [2.24, 2.45) is 0 Å². The molecule has 2 rings (SSSR count). The quantitative estimate of drug-likeness (QED) is 0.836. The summed E-state index contributed by atoms with van der Waals surface area (Å²) >= 11 is 12.0. The van der Waals surface area contributed by atoms with Gasteiger partial charge in [-0.05, 0) is 48.9 Å². The molecule has 0 radical (unpaired) electrons. The number of amides is 1. The van der Waals surface area contributed by atoms with Crippen molar-refractivity contribution in [2.45, 2.75) is 13.0 Å². The number of benzene rings is 2. The van der Waals surface area contributed by atoms with Gasteiger partial charge in [-0.3, -0.25) is 4.79 Å². The molecule has 0 saturated carbocycles. The van der Waals surface area contributed by atoms with Gasteiger partial charge in [0.15, 0.2) is 0 Å². The fourth-order valence-corrected chi connectivity index (χ4v) is 2.66. The molecule has 6 heteroatoms. The van der Waals surface area contributed by atoms with Crippen LogP contribution < -0.4 is 5.32 Å². The molecule has 0 spiro atoms. The van der Waals surface area contributed by atoms with Gasteiger partial charge in [0.05, 0.1) is 18.7 Å². The number of methoxy groups -OCH3 is 1. The van der Waals surface area contributed by atoms with E-state index in [-0.39, 0.29) is 11.9 Å². The predicted octanol–water partition coefficient (Wildman–Crippen LogP) is 4.27. The van der Waals surface area contributed by atoms with Crippen molar-refractivity contribution >= 4 is 35.1 Å². The number of carbonyl (C=O) groups is 2. The molecule has 0 unspecified atom stereocenters. The van der Waals surface area contributed by atoms with Gasteiger partial charge in [-0.2, -0.15) is 0 Å². The zero-order valence-electron chi connectivity index (χ0n) is 12.6. The Morgan fingerprint density at radius 2 is 1.65 bits per heavy atom. The molecule has 0 aliphatic carbocycles. The monoisotopic (exact) mass is 351 g/mol. The molecule has 2 aromatic rings. The summed E-state index contributed by atoms with van der Waals surface area (Å²) in [5.41, 5.74) is 1.60. The first-order chi connectivity index (χ1) is 10.9. The van der Waals surface area contributed by atoms with Crippen molar-refractivity contribution in [3.05, 3.63) is 69.2 Å². The second kappa shape index (κ2) is 7.49. The summed E-state index contributed by atoms with van der Waals surface area (Å²) in [5, 5.41) is 3.88. The van der Waals surface area contributed by atoms with Gasteiger partial charge in [-0.1, -0.05) is 29.3 Å². The largest absolute Gasteiger partial charge is 0.465 e. The van der Waals surface area contributed by atoms with Gasteiger partial charge in [0, 0.05) is 15.6 Å². The summed E-state index contributed by atoms with van der Waals surface area (Å²) in [6.07, 6.45) is 0. The van der Waals surface area contributed by atoms with Crippen LogP contribution in [0.5, 0.6) is 0 Å². The first-order valence-corrected chi connectivity index (χ1v) is 7.62. The van der Waals surface area contributed by atoms with Crippen LogP contribution in [0.2, 0.25) is 10.0 Å². The van der Waals surface area contributed by atoms with Crippen LogP contribution in [0.3, 0.4) is 0 Å². The van der Waals surface area contributed by atoms with Crippen molar-refractivity contribution in [3.63, 3.8) is 0 Å². The molecule has 4 nitrogen and oxygen atoms in total. The second-order valence-corrected chi connectivity index (χ2v) is 5.77. The van der Waals surface area contributed by atoms with Crippen LogP contribution >= 0.6 is 23.2 Å². The maximum absolute atomic E-state index is 12.3. The number of hydrogen-bond donors (Lipinski definition) is 1. The highest BCUT2D eigenvalue weighted by Crippen LogP contribution is 2.26. The Balaban J connectivity index is 2.10. The third-order valence-electron chi connectivity index (χ3n) is 3.34. The fourth-order valence-electron chi connectivity index (χ4n) is 2.09. The number of esters is 1. The van der Waals surface area contributed by atoms with Gasteiger partial charge in [0.2, 0.25) is 0 Å². The topological polar surface area (TPSA) is 55.4 Å². The lowest BCUT2D eigenvalue weighted by Crippen LogP contribution is -2.26. The van der Waals surface area contributed by atoms with E-state index in [9.17, 15) is 9.59 Å². The molecule has 1 N–H and O–H groups in total. The highest BCUT2D eigenvalue weighted by molar-refractivity contribution is 6.35. The smallest absolute Gasteiger partial charge is 0.337 e. The number of ether oxygens (including phenoxy) is 1. The number of hydrogen-bond acceptors (Lipinski definition) is 3. The van der Waals surface area contributed by atoms with E-state index >= 15 is 0 Å². The van der Waals surface area contributed by atoms with Gasteiger partial charge < -0.3 is 10.1 Å². The van der Waals surface area contributed by atoms with Crippen LogP contribution in [0.25, 0.3) is 0 Å². The summed E-state index contributed by atoms with van der Waals surface area (Å²) in [7, 11) is 1.31. The van der Waals surface area contributed by atoms with Crippen LogP contribution in [0.4, 0.5) is 0 Å². The molecule has 0 bridgehead atoms. The zero-order chi connectivity index (χ0) is 17.0. The van der Waals surface area contributed by atoms with Crippen molar-refractivity contribution in [1.29, 1.82) is 0 Å². The molecular weight excluding hydrogens is 337 g/mol. The zero-order valence-corrected chi connectivity index (χ0v) is 14.1. The average molecular weight is 352 g/mol. The number of halogens is 2. The van der Waals surface area contributed by atoms with Crippen LogP contribution in [-0.2, 0) is 4.74 Å². The predicted molar refractivity (Wildman–Crippen MR) is 90.1 cm³/mol. The van der Waals surface area contributed by atoms with E-state index in [4.69, 9.17) is 23.2 Å². The van der Waals surface area contributed by atoms with Gasteiger partial charge in [0.1, 0.15) is 0 Å². The lowest BCUT2D eigenvalue weighted by molar-refractivity contribution is 0.0600. The van der Waals surface area contributed by atoms with Gasteiger partial charge in [-0.15, -0.1) is 0 Å². The summed E-state index contributed by atoms with van der Waals surface area (Å²) in [4.78, 5) is 23.6. The second-order valence-electron chi connectivity index (χ2n) is 4.93. The number of carbonyl (C=O) groups excluding carboxylic acids is 2. The third-order valence-corrected chi connectivity index (χ3v) is 3.91. The van der Waals surface area contributed by atoms with Crippen LogP contribution in [0.1, 0.15) is 39.2 Å². The minimum absolute atomic E-state index is 0.264.